The van der Waals surface area contributed by atoms with Crippen LogP contribution in [0.3, 0.4) is 0 Å². The van der Waals surface area contributed by atoms with Gasteiger partial charge in [0.25, 0.3) is 5.69 Å². The maximum Gasteiger partial charge on any atom is 0.293 e. The molecule has 1 fully saturated rings. The van der Waals surface area contributed by atoms with Crippen molar-refractivity contribution in [2.45, 2.75) is 63.9 Å². The van der Waals surface area contributed by atoms with Gasteiger partial charge in [0.2, 0.25) is 10.0 Å². The molecule has 0 unspecified atom stereocenters. The molecule has 0 saturated carbocycles. The number of rotatable bonds is 6. The number of hydrogen-bond donors (Lipinski definition) is 1. The van der Waals surface area contributed by atoms with Gasteiger partial charge >= 0.3 is 0 Å². The third kappa shape index (κ3) is 4.31. The highest BCUT2D eigenvalue weighted by Gasteiger charge is 2.30. The van der Waals surface area contributed by atoms with Crippen LogP contribution in [-0.4, -0.2) is 40.3 Å². The monoisotopic (exact) mass is 447 g/mol. The minimum absolute atomic E-state index is 0.0333. The van der Waals surface area contributed by atoms with Crippen LogP contribution in [0.15, 0.2) is 23.1 Å². The number of nitro benzene ring substituents is 1. The summed E-state index contributed by atoms with van der Waals surface area (Å²) in [5, 5.41) is 14.8. The third-order valence-electron chi connectivity index (χ3n) is 6.26. The number of benzene rings is 1. The van der Waals surface area contributed by atoms with E-state index in [1.54, 1.807) is 0 Å². The number of sulfonamides is 1. The molecule has 1 aromatic carbocycles. The fourth-order valence-electron chi connectivity index (χ4n) is 4.62. The first-order valence-corrected chi connectivity index (χ1v) is 12.3. The van der Waals surface area contributed by atoms with Gasteiger partial charge in [-0.3, -0.25) is 10.1 Å². The minimum atomic E-state index is -3.76. The van der Waals surface area contributed by atoms with E-state index in [9.17, 15) is 18.5 Å². The lowest BCUT2D eigenvalue weighted by molar-refractivity contribution is -0.384. The van der Waals surface area contributed by atoms with Crippen molar-refractivity contribution >= 4 is 21.4 Å². The second kappa shape index (κ2) is 8.58. The molecule has 1 aromatic heterocycles. The molecule has 3 heterocycles. The van der Waals surface area contributed by atoms with Crippen LogP contribution in [0, 0.1) is 23.0 Å². The predicted octanol–water partition coefficient (Wildman–Crippen LogP) is 3.47. The van der Waals surface area contributed by atoms with Crippen molar-refractivity contribution in [1.82, 2.24) is 13.9 Å². The van der Waals surface area contributed by atoms with E-state index in [0.717, 1.165) is 50.2 Å². The zero-order valence-electron chi connectivity index (χ0n) is 18.0. The molecule has 0 amide bonds. The van der Waals surface area contributed by atoms with Crippen molar-refractivity contribution in [2.24, 2.45) is 5.92 Å². The number of nitro groups is 1. The summed E-state index contributed by atoms with van der Waals surface area (Å²) in [6.07, 6.45) is 4.99. The molecule has 31 heavy (non-hydrogen) atoms. The van der Waals surface area contributed by atoms with Crippen molar-refractivity contribution in [3.63, 3.8) is 0 Å². The van der Waals surface area contributed by atoms with Gasteiger partial charge in [0.1, 0.15) is 11.5 Å². The van der Waals surface area contributed by atoms with E-state index >= 15 is 0 Å². The zero-order chi connectivity index (χ0) is 22.2. The minimum Gasteiger partial charge on any atom is -0.374 e. The van der Waals surface area contributed by atoms with Gasteiger partial charge in [-0.2, -0.15) is 4.31 Å². The van der Waals surface area contributed by atoms with Gasteiger partial charge in [0.15, 0.2) is 0 Å². The Bertz CT molecular complexity index is 1100. The number of fused-ring (bicyclic) bond motifs is 1. The van der Waals surface area contributed by atoms with E-state index in [1.807, 2.05) is 13.8 Å². The Labute approximate surface area is 182 Å². The summed E-state index contributed by atoms with van der Waals surface area (Å²) in [7, 11) is -3.76. The molecular formula is C21H29N5O4S. The molecule has 0 spiro atoms. The molecule has 4 rings (SSSR count). The highest BCUT2D eigenvalue weighted by molar-refractivity contribution is 7.89. The van der Waals surface area contributed by atoms with Crippen LogP contribution < -0.4 is 5.32 Å². The number of aromatic nitrogens is 2. The Balaban J connectivity index is 1.58. The zero-order valence-corrected chi connectivity index (χ0v) is 18.8. The number of nitrogens with zero attached hydrogens (tertiary/aromatic N) is 4. The second-order valence-corrected chi connectivity index (χ2v) is 10.5. The molecule has 1 N–H and O–H groups in total. The lowest BCUT2D eigenvalue weighted by atomic mass is 10.0. The quantitative estimate of drug-likeness (QED) is 0.536. The maximum absolute atomic E-state index is 13.0. The standard InChI is InChI=1S/C21H29N5O4S/c1-15-6-5-10-24(14-15)31(29,30)17-8-9-18(21(12-17)26(27)28)22-13-19-20-7-3-4-11-25(20)16(2)23-19/h8-9,12,15,22H,3-7,10-11,13-14H2,1-2H3/t15-/m1/s1. The molecule has 168 valence electrons. The maximum atomic E-state index is 13.0. The van der Waals surface area contributed by atoms with Crippen molar-refractivity contribution in [2.75, 3.05) is 18.4 Å². The molecule has 2 aliphatic heterocycles. The topological polar surface area (TPSA) is 110 Å². The summed E-state index contributed by atoms with van der Waals surface area (Å²) in [5.74, 6) is 1.24. The van der Waals surface area contributed by atoms with Crippen LogP contribution in [0.2, 0.25) is 0 Å². The van der Waals surface area contributed by atoms with E-state index in [-0.39, 0.29) is 16.5 Å². The van der Waals surface area contributed by atoms with Crippen molar-refractivity contribution in [3.05, 3.63) is 45.5 Å². The summed E-state index contributed by atoms with van der Waals surface area (Å²) < 4.78 is 29.7. The smallest absolute Gasteiger partial charge is 0.293 e. The van der Waals surface area contributed by atoms with Crippen LogP contribution in [0.4, 0.5) is 11.4 Å². The van der Waals surface area contributed by atoms with E-state index in [4.69, 9.17) is 0 Å². The first kappa shape index (κ1) is 21.8. The van der Waals surface area contributed by atoms with Crippen molar-refractivity contribution in [1.29, 1.82) is 0 Å². The van der Waals surface area contributed by atoms with Gasteiger partial charge in [-0.1, -0.05) is 6.92 Å². The fraction of sp³-hybridized carbons (Fsp3) is 0.571. The summed E-state index contributed by atoms with van der Waals surface area (Å²) in [5.41, 5.74) is 2.13. The van der Waals surface area contributed by atoms with Gasteiger partial charge in [0.05, 0.1) is 22.1 Å². The lowest BCUT2D eigenvalue weighted by Gasteiger charge is -2.30. The first-order chi connectivity index (χ1) is 14.8. The number of nitrogens with one attached hydrogen (secondary N) is 1. The molecule has 0 bridgehead atoms. The average molecular weight is 448 g/mol. The van der Waals surface area contributed by atoms with Crippen molar-refractivity contribution < 1.29 is 13.3 Å². The second-order valence-electron chi connectivity index (χ2n) is 8.56. The van der Waals surface area contributed by atoms with E-state index in [1.165, 1.54) is 28.2 Å². The largest absolute Gasteiger partial charge is 0.374 e. The van der Waals surface area contributed by atoms with E-state index in [2.05, 4.69) is 14.9 Å². The Kier molecular flexibility index (Phi) is 6.02. The number of aryl methyl sites for hydroxylation is 1. The van der Waals surface area contributed by atoms with Crippen LogP contribution in [0.1, 0.15) is 49.8 Å². The summed E-state index contributed by atoms with van der Waals surface area (Å²) in [6, 6.07) is 4.12. The molecule has 10 heteroatoms. The molecule has 2 aromatic rings. The Hall–Kier alpha value is -2.46. The normalized spacial score (nSPS) is 19.7. The molecular weight excluding hydrogens is 418 g/mol. The predicted molar refractivity (Wildman–Crippen MR) is 117 cm³/mol. The Morgan fingerprint density at radius 1 is 1.26 bits per heavy atom. The van der Waals surface area contributed by atoms with Crippen LogP contribution >= 0.6 is 0 Å². The number of hydrogen-bond acceptors (Lipinski definition) is 6. The number of piperidine rings is 1. The van der Waals surface area contributed by atoms with Gasteiger partial charge in [0, 0.05) is 31.4 Å². The van der Waals surface area contributed by atoms with Crippen LogP contribution in [0.25, 0.3) is 0 Å². The van der Waals surface area contributed by atoms with Gasteiger partial charge in [-0.15, -0.1) is 0 Å². The van der Waals surface area contributed by atoms with Gasteiger partial charge < -0.3 is 9.88 Å². The van der Waals surface area contributed by atoms with Crippen LogP contribution in [0.5, 0.6) is 0 Å². The molecule has 0 aliphatic carbocycles. The average Bonchev–Trinajstić information content (AvgIpc) is 3.08. The Morgan fingerprint density at radius 2 is 2.06 bits per heavy atom. The van der Waals surface area contributed by atoms with Crippen LogP contribution in [-0.2, 0) is 29.5 Å². The summed E-state index contributed by atoms with van der Waals surface area (Å²) >= 11 is 0. The van der Waals surface area contributed by atoms with E-state index in [0.29, 0.717) is 25.3 Å². The number of anilines is 1. The number of imidazole rings is 1. The molecule has 1 atom stereocenters. The SMILES string of the molecule is Cc1nc(CNc2ccc(S(=O)(=O)N3CCC[C@@H](C)C3)cc2[N+](=O)[O-])c2n1CCCC2. The van der Waals surface area contributed by atoms with Crippen molar-refractivity contribution in [3.8, 4) is 0 Å². The first-order valence-electron chi connectivity index (χ1n) is 10.8. The molecule has 0 radical (unpaired) electrons. The third-order valence-corrected chi connectivity index (χ3v) is 8.12. The fourth-order valence-corrected chi connectivity index (χ4v) is 6.24. The highest BCUT2D eigenvalue weighted by Crippen LogP contribution is 2.31. The van der Waals surface area contributed by atoms with E-state index < -0.39 is 14.9 Å². The van der Waals surface area contributed by atoms with Gasteiger partial charge in [-0.25, -0.2) is 13.4 Å². The summed E-state index contributed by atoms with van der Waals surface area (Å²) in [4.78, 5) is 15.8. The highest BCUT2D eigenvalue weighted by atomic mass is 32.2. The lowest BCUT2D eigenvalue weighted by Crippen LogP contribution is -2.39. The van der Waals surface area contributed by atoms with Gasteiger partial charge in [-0.05, 0) is 57.1 Å². The molecule has 2 aliphatic rings. The Morgan fingerprint density at radius 3 is 2.81 bits per heavy atom. The summed E-state index contributed by atoms with van der Waals surface area (Å²) in [6.45, 7) is 6.21. The molecule has 1 saturated heterocycles. The molecule has 9 nitrogen and oxygen atoms in total.